The van der Waals surface area contributed by atoms with E-state index in [0.717, 1.165) is 12.1 Å². The van der Waals surface area contributed by atoms with Gasteiger partial charge >= 0.3 is 5.51 Å². The third-order valence-electron chi connectivity index (χ3n) is 1.82. The Balaban J connectivity index is 3.12. The zero-order valence-electron chi connectivity index (χ0n) is 8.52. The number of hydrogen-bond donors (Lipinski definition) is 0. The van der Waals surface area contributed by atoms with Crippen LogP contribution in [-0.4, -0.2) is 16.1 Å². The number of ketones is 1. The van der Waals surface area contributed by atoms with Gasteiger partial charge in [-0.2, -0.15) is 13.2 Å². The maximum Gasteiger partial charge on any atom is 0.446 e. The molecule has 1 aromatic rings. The Morgan fingerprint density at radius 2 is 2.00 bits per heavy atom. The van der Waals surface area contributed by atoms with Crippen molar-refractivity contribution in [2.24, 2.45) is 0 Å². The number of halogens is 5. The summed E-state index contributed by atoms with van der Waals surface area (Å²) in [4.78, 5) is 10.3. The van der Waals surface area contributed by atoms with Crippen LogP contribution in [0, 0.1) is 5.82 Å². The van der Waals surface area contributed by atoms with Gasteiger partial charge < -0.3 is 0 Å². The number of alkyl halides is 4. The molecule has 0 aliphatic rings. The first-order chi connectivity index (χ1) is 7.72. The highest BCUT2D eigenvalue weighted by molar-refractivity contribution is 9.10. The SMILES string of the molecule is CC(Br)C(=O)c1cccc(SC(F)(F)F)c1F. The van der Waals surface area contributed by atoms with Crippen molar-refractivity contribution < 1.29 is 22.4 Å². The molecule has 7 heteroatoms. The Bertz CT molecular complexity index is 431. The molecule has 1 rings (SSSR count). The lowest BCUT2D eigenvalue weighted by atomic mass is 10.1. The van der Waals surface area contributed by atoms with E-state index in [4.69, 9.17) is 0 Å². The van der Waals surface area contributed by atoms with Crippen molar-refractivity contribution in [3.8, 4) is 0 Å². The molecule has 0 saturated heterocycles. The smallest absolute Gasteiger partial charge is 0.293 e. The molecular formula is C10H7BrF4OS. The van der Waals surface area contributed by atoms with Crippen molar-refractivity contribution >= 4 is 33.5 Å². The number of thioether (sulfide) groups is 1. The van der Waals surface area contributed by atoms with Gasteiger partial charge in [-0.1, -0.05) is 22.0 Å². The minimum atomic E-state index is -4.58. The van der Waals surface area contributed by atoms with Crippen LogP contribution in [0.4, 0.5) is 17.6 Å². The highest BCUT2D eigenvalue weighted by Crippen LogP contribution is 2.38. The fourth-order valence-corrected chi connectivity index (χ4v) is 1.96. The summed E-state index contributed by atoms with van der Waals surface area (Å²) < 4.78 is 50.0. The molecule has 0 aliphatic heterocycles. The van der Waals surface area contributed by atoms with Gasteiger partial charge in [-0.15, -0.1) is 0 Å². The quantitative estimate of drug-likeness (QED) is 0.353. The Hall–Kier alpha value is -0.560. The van der Waals surface area contributed by atoms with Gasteiger partial charge in [-0.05, 0) is 30.8 Å². The largest absolute Gasteiger partial charge is 0.446 e. The second-order valence-corrected chi connectivity index (χ2v) is 5.63. The van der Waals surface area contributed by atoms with E-state index in [-0.39, 0.29) is 5.56 Å². The summed E-state index contributed by atoms with van der Waals surface area (Å²) >= 11 is 2.38. The standard InChI is InChI=1S/C10H7BrF4OS/c1-5(11)9(16)6-3-2-4-7(8(6)12)17-10(13,14)15/h2-5H,1H3. The molecule has 0 fully saturated rings. The van der Waals surface area contributed by atoms with Gasteiger partial charge in [0.15, 0.2) is 5.78 Å². The molecule has 0 saturated carbocycles. The zero-order chi connectivity index (χ0) is 13.2. The van der Waals surface area contributed by atoms with Crippen LogP contribution in [0.3, 0.4) is 0 Å². The monoisotopic (exact) mass is 330 g/mol. The van der Waals surface area contributed by atoms with Gasteiger partial charge in [-0.3, -0.25) is 4.79 Å². The topological polar surface area (TPSA) is 17.1 Å². The average molecular weight is 331 g/mol. The maximum atomic E-state index is 13.7. The number of rotatable bonds is 3. The minimum Gasteiger partial charge on any atom is -0.293 e. The Morgan fingerprint density at radius 1 is 1.41 bits per heavy atom. The van der Waals surface area contributed by atoms with Crippen molar-refractivity contribution in [1.82, 2.24) is 0 Å². The van der Waals surface area contributed by atoms with Gasteiger partial charge in [0.05, 0.1) is 15.3 Å². The number of benzene rings is 1. The summed E-state index contributed by atoms with van der Waals surface area (Å²) in [6.07, 6.45) is 0. The van der Waals surface area contributed by atoms with E-state index in [1.54, 1.807) is 0 Å². The molecule has 0 N–H and O–H groups in total. The molecule has 1 nitrogen and oxygen atoms in total. The van der Waals surface area contributed by atoms with Crippen molar-refractivity contribution in [3.63, 3.8) is 0 Å². The van der Waals surface area contributed by atoms with Crippen LogP contribution >= 0.6 is 27.7 Å². The molecule has 17 heavy (non-hydrogen) atoms. The summed E-state index contributed by atoms with van der Waals surface area (Å²) in [5.41, 5.74) is -4.92. The van der Waals surface area contributed by atoms with Crippen LogP contribution in [0.15, 0.2) is 23.1 Å². The number of hydrogen-bond acceptors (Lipinski definition) is 2. The van der Waals surface area contributed by atoms with E-state index in [1.165, 1.54) is 13.0 Å². The van der Waals surface area contributed by atoms with Crippen LogP contribution in [0.1, 0.15) is 17.3 Å². The van der Waals surface area contributed by atoms with Crippen molar-refractivity contribution in [2.45, 2.75) is 22.2 Å². The molecule has 0 radical (unpaired) electrons. The number of carbonyl (C=O) groups excluding carboxylic acids is 1. The highest BCUT2D eigenvalue weighted by Gasteiger charge is 2.31. The van der Waals surface area contributed by atoms with Crippen molar-refractivity contribution in [1.29, 1.82) is 0 Å². The fraction of sp³-hybridized carbons (Fsp3) is 0.300. The molecule has 0 heterocycles. The molecule has 1 unspecified atom stereocenters. The van der Waals surface area contributed by atoms with Gasteiger partial charge in [0.2, 0.25) is 0 Å². The normalized spacial score (nSPS) is 13.5. The first kappa shape index (κ1) is 14.5. The molecule has 0 amide bonds. The van der Waals surface area contributed by atoms with Gasteiger partial charge in [-0.25, -0.2) is 4.39 Å². The molecule has 1 atom stereocenters. The molecule has 0 aliphatic carbocycles. The van der Waals surface area contributed by atoms with E-state index in [0.29, 0.717) is 0 Å². The Kier molecular flexibility index (Phi) is 4.60. The van der Waals surface area contributed by atoms with E-state index < -0.39 is 38.6 Å². The first-order valence-electron chi connectivity index (χ1n) is 4.45. The summed E-state index contributed by atoms with van der Waals surface area (Å²) in [5, 5.41) is 0. The van der Waals surface area contributed by atoms with E-state index in [2.05, 4.69) is 15.9 Å². The zero-order valence-corrected chi connectivity index (χ0v) is 10.9. The summed E-state index contributed by atoms with van der Waals surface area (Å²) in [6, 6.07) is 3.37. The predicted octanol–water partition coefficient (Wildman–Crippen LogP) is 4.40. The lowest BCUT2D eigenvalue weighted by molar-refractivity contribution is -0.0329. The summed E-state index contributed by atoms with van der Waals surface area (Å²) in [5.74, 6) is -1.72. The number of Topliss-reactive ketones (excluding diaryl/α,β-unsaturated/α-hetero) is 1. The van der Waals surface area contributed by atoms with E-state index in [1.807, 2.05) is 0 Å². The lowest BCUT2D eigenvalue weighted by Crippen LogP contribution is -2.13. The van der Waals surface area contributed by atoms with Crippen LogP contribution < -0.4 is 0 Å². The lowest BCUT2D eigenvalue weighted by Gasteiger charge is -2.10. The van der Waals surface area contributed by atoms with E-state index >= 15 is 0 Å². The molecule has 0 aromatic heterocycles. The predicted molar refractivity (Wildman–Crippen MR) is 61.0 cm³/mol. The van der Waals surface area contributed by atoms with E-state index in [9.17, 15) is 22.4 Å². The van der Waals surface area contributed by atoms with Crippen LogP contribution in [0.5, 0.6) is 0 Å². The van der Waals surface area contributed by atoms with Crippen LogP contribution in [-0.2, 0) is 0 Å². The van der Waals surface area contributed by atoms with Gasteiger partial charge in [0.25, 0.3) is 0 Å². The van der Waals surface area contributed by atoms with Crippen molar-refractivity contribution in [3.05, 3.63) is 29.6 Å². The summed E-state index contributed by atoms with van der Waals surface area (Å²) in [6.45, 7) is 1.48. The highest BCUT2D eigenvalue weighted by atomic mass is 79.9. The summed E-state index contributed by atoms with van der Waals surface area (Å²) in [7, 11) is 0. The second kappa shape index (κ2) is 5.39. The first-order valence-corrected chi connectivity index (χ1v) is 6.18. The molecule has 0 spiro atoms. The fourth-order valence-electron chi connectivity index (χ4n) is 1.12. The molecular weight excluding hydrogens is 324 g/mol. The molecule has 0 bridgehead atoms. The maximum absolute atomic E-state index is 13.7. The number of carbonyl (C=O) groups is 1. The Morgan fingerprint density at radius 3 is 2.47 bits per heavy atom. The van der Waals surface area contributed by atoms with Crippen LogP contribution in [0.2, 0.25) is 0 Å². The van der Waals surface area contributed by atoms with Crippen molar-refractivity contribution in [2.75, 3.05) is 0 Å². The van der Waals surface area contributed by atoms with Gasteiger partial charge in [0.1, 0.15) is 5.82 Å². The second-order valence-electron chi connectivity index (χ2n) is 3.15. The molecule has 94 valence electrons. The minimum absolute atomic E-state index is 0.344. The molecule has 1 aromatic carbocycles. The van der Waals surface area contributed by atoms with Crippen LogP contribution in [0.25, 0.3) is 0 Å². The average Bonchev–Trinajstić information content (AvgIpc) is 2.18. The third kappa shape index (κ3) is 3.99. The Labute approximate surface area is 108 Å². The third-order valence-corrected chi connectivity index (χ3v) is 3.00. The van der Waals surface area contributed by atoms with Gasteiger partial charge in [0, 0.05) is 0 Å².